The van der Waals surface area contributed by atoms with Gasteiger partial charge in [0.05, 0.1) is 11.2 Å². The predicted molar refractivity (Wildman–Crippen MR) is 102 cm³/mol. The Morgan fingerprint density at radius 3 is 2.58 bits per heavy atom. The fraction of sp³-hybridized carbons (Fsp3) is 0.263. The number of nitrogens with one attached hydrogen (secondary N) is 1. The molecule has 0 radical (unpaired) electrons. The van der Waals surface area contributed by atoms with E-state index in [-0.39, 0.29) is 17.1 Å². The standard InChI is InChI=1S/C19H18ClNO4S/c20-16-4-2-1-3-15(16)13(10-22)11-25-14-7-5-12(6-8-14)9-17-18(23)21-19(24)26-17/h1-8,10,13,17-18,23H,9,11H2,(H,21,24). The van der Waals surface area contributed by atoms with Crippen molar-refractivity contribution in [3.63, 3.8) is 0 Å². The molecule has 7 heteroatoms. The number of hydrogen-bond acceptors (Lipinski definition) is 5. The Bertz CT molecular complexity index is 783. The molecule has 0 spiro atoms. The molecule has 3 unspecified atom stereocenters. The van der Waals surface area contributed by atoms with E-state index >= 15 is 0 Å². The van der Waals surface area contributed by atoms with Crippen molar-refractivity contribution < 1.29 is 19.4 Å². The van der Waals surface area contributed by atoms with E-state index < -0.39 is 12.1 Å². The number of carbonyl (C=O) groups is 2. The lowest BCUT2D eigenvalue weighted by Gasteiger charge is -2.15. The van der Waals surface area contributed by atoms with E-state index in [0.717, 1.165) is 29.2 Å². The lowest BCUT2D eigenvalue weighted by Crippen LogP contribution is -2.31. The van der Waals surface area contributed by atoms with Crippen LogP contribution in [0.3, 0.4) is 0 Å². The number of ether oxygens (including phenoxy) is 1. The molecule has 1 aliphatic rings. The number of hydrogen-bond donors (Lipinski definition) is 2. The van der Waals surface area contributed by atoms with Gasteiger partial charge in [0.25, 0.3) is 5.24 Å². The number of aldehydes is 1. The first-order valence-electron chi connectivity index (χ1n) is 8.13. The van der Waals surface area contributed by atoms with E-state index in [2.05, 4.69) is 5.32 Å². The van der Waals surface area contributed by atoms with Crippen molar-refractivity contribution in [1.82, 2.24) is 5.32 Å². The van der Waals surface area contributed by atoms with Gasteiger partial charge in [-0.1, -0.05) is 53.7 Å². The second kappa shape index (κ2) is 8.58. The quantitative estimate of drug-likeness (QED) is 0.707. The minimum Gasteiger partial charge on any atom is -0.493 e. The minimum absolute atomic E-state index is 0.197. The molecule has 136 valence electrons. The number of aliphatic hydroxyl groups is 1. The van der Waals surface area contributed by atoms with Crippen LogP contribution in [-0.4, -0.2) is 34.7 Å². The normalized spacial score (nSPS) is 20.5. The van der Waals surface area contributed by atoms with Gasteiger partial charge in [0.15, 0.2) is 0 Å². The van der Waals surface area contributed by atoms with Gasteiger partial charge in [0, 0.05) is 5.02 Å². The highest BCUT2D eigenvalue weighted by Crippen LogP contribution is 2.27. The van der Waals surface area contributed by atoms with Crippen molar-refractivity contribution in [2.24, 2.45) is 0 Å². The summed E-state index contributed by atoms with van der Waals surface area (Å²) < 4.78 is 5.72. The summed E-state index contributed by atoms with van der Waals surface area (Å²) in [5, 5.41) is 12.4. The van der Waals surface area contributed by atoms with Crippen LogP contribution in [0.5, 0.6) is 5.75 Å². The third-order valence-corrected chi connectivity index (χ3v) is 5.54. The summed E-state index contributed by atoms with van der Waals surface area (Å²) in [6, 6.07) is 14.6. The van der Waals surface area contributed by atoms with Crippen molar-refractivity contribution in [1.29, 1.82) is 0 Å². The lowest BCUT2D eigenvalue weighted by molar-refractivity contribution is -0.109. The highest BCUT2D eigenvalue weighted by molar-refractivity contribution is 8.14. The number of aliphatic hydroxyl groups excluding tert-OH is 1. The van der Waals surface area contributed by atoms with Crippen LogP contribution in [-0.2, 0) is 11.2 Å². The number of carbonyl (C=O) groups excluding carboxylic acids is 2. The van der Waals surface area contributed by atoms with Gasteiger partial charge in [-0.25, -0.2) is 0 Å². The molecule has 3 atom stereocenters. The van der Waals surface area contributed by atoms with Gasteiger partial charge < -0.3 is 20.0 Å². The van der Waals surface area contributed by atoms with Crippen molar-refractivity contribution >= 4 is 34.9 Å². The Hall–Kier alpha value is -2.02. The molecule has 1 aliphatic heterocycles. The summed E-state index contributed by atoms with van der Waals surface area (Å²) >= 11 is 7.24. The second-order valence-electron chi connectivity index (χ2n) is 5.96. The first kappa shape index (κ1) is 18.8. The number of halogens is 1. The Morgan fingerprint density at radius 1 is 1.23 bits per heavy atom. The molecule has 0 bridgehead atoms. The van der Waals surface area contributed by atoms with Gasteiger partial charge in [-0.05, 0) is 35.7 Å². The smallest absolute Gasteiger partial charge is 0.281 e. The molecule has 1 fully saturated rings. The fourth-order valence-electron chi connectivity index (χ4n) is 2.72. The summed E-state index contributed by atoms with van der Waals surface area (Å²) in [6.07, 6.45) is 0.576. The SMILES string of the molecule is O=CC(COc1ccc(CC2SC(=O)NC2O)cc1)c1ccccc1Cl. The van der Waals surface area contributed by atoms with E-state index in [1.807, 2.05) is 42.5 Å². The maximum atomic E-state index is 11.4. The third-order valence-electron chi connectivity index (χ3n) is 4.14. The minimum atomic E-state index is -0.826. The largest absolute Gasteiger partial charge is 0.493 e. The predicted octanol–water partition coefficient (Wildman–Crippen LogP) is 3.39. The topological polar surface area (TPSA) is 75.6 Å². The van der Waals surface area contributed by atoms with Crippen LogP contribution < -0.4 is 10.1 Å². The Labute approximate surface area is 160 Å². The molecule has 26 heavy (non-hydrogen) atoms. The van der Waals surface area contributed by atoms with Crippen LogP contribution in [0.15, 0.2) is 48.5 Å². The molecular weight excluding hydrogens is 374 g/mol. The van der Waals surface area contributed by atoms with Gasteiger partial charge in [-0.2, -0.15) is 0 Å². The average molecular weight is 392 g/mol. The zero-order valence-corrected chi connectivity index (χ0v) is 15.4. The van der Waals surface area contributed by atoms with E-state index in [4.69, 9.17) is 16.3 Å². The van der Waals surface area contributed by atoms with Crippen LogP contribution in [0.2, 0.25) is 5.02 Å². The van der Waals surface area contributed by atoms with Gasteiger partial charge in [0.1, 0.15) is 24.9 Å². The molecule has 2 N–H and O–H groups in total. The molecule has 5 nitrogen and oxygen atoms in total. The molecule has 1 heterocycles. The summed E-state index contributed by atoms with van der Waals surface area (Å²) in [6.45, 7) is 0.197. The van der Waals surface area contributed by atoms with Crippen LogP contribution in [0.4, 0.5) is 4.79 Å². The van der Waals surface area contributed by atoms with Crippen LogP contribution >= 0.6 is 23.4 Å². The molecule has 2 aromatic rings. The Kier molecular flexibility index (Phi) is 6.19. The highest BCUT2D eigenvalue weighted by atomic mass is 35.5. The van der Waals surface area contributed by atoms with Gasteiger partial charge in [0.2, 0.25) is 0 Å². The van der Waals surface area contributed by atoms with Crippen molar-refractivity contribution in [3.8, 4) is 5.75 Å². The van der Waals surface area contributed by atoms with E-state index in [1.54, 1.807) is 6.07 Å². The summed E-state index contributed by atoms with van der Waals surface area (Å²) in [5.41, 5.74) is 1.73. The molecule has 0 aromatic heterocycles. The zero-order chi connectivity index (χ0) is 18.5. The molecule has 3 rings (SSSR count). The fourth-order valence-corrected chi connectivity index (χ4v) is 3.93. The van der Waals surface area contributed by atoms with Crippen LogP contribution in [0.1, 0.15) is 17.0 Å². The third kappa shape index (κ3) is 4.58. The van der Waals surface area contributed by atoms with E-state index in [0.29, 0.717) is 17.2 Å². The van der Waals surface area contributed by atoms with Gasteiger partial charge in [-0.15, -0.1) is 0 Å². The monoisotopic (exact) mass is 391 g/mol. The van der Waals surface area contributed by atoms with Gasteiger partial charge in [-0.3, -0.25) is 4.79 Å². The second-order valence-corrected chi connectivity index (χ2v) is 7.58. The molecular formula is C19H18ClNO4S. The molecule has 1 saturated heterocycles. The van der Waals surface area contributed by atoms with Gasteiger partial charge >= 0.3 is 0 Å². The summed E-state index contributed by atoms with van der Waals surface area (Å²) in [4.78, 5) is 22.6. The van der Waals surface area contributed by atoms with Crippen LogP contribution in [0.25, 0.3) is 0 Å². The summed E-state index contributed by atoms with van der Waals surface area (Å²) in [5.74, 6) is 0.201. The summed E-state index contributed by atoms with van der Waals surface area (Å²) in [7, 11) is 0. The van der Waals surface area contributed by atoms with E-state index in [9.17, 15) is 14.7 Å². The number of amides is 1. The van der Waals surface area contributed by atoms with Crippen molar-refractivity contribution in [3.05, 3.63) is 64.7 Å². The molecule has 1 amide bonds. The number of benzene rings is 2. The van der Waals surface area contributed by atoms with E-state index in [1.165, 1.54) is 0 Å². The number of rotatable bonds is 7. The average Bonchev–Trinajstić information content (AvgIpc) is 2.95. The van der Waals surface area contributed by atoms with Crippen molar-refractivity contribution in [2.75, 3.05) is 6.61 Å². The Balaban J connectivity index is 1.58. The molecule has 0 saturated carbocycles. The maximum absolute atomic E-state index is 11.4. The highest BCUT2D eigenvalue weighted by Gasteiger charge is 2.31. The molecule has 0 aliphatic carbocycles. The van der Waals surface area contributed by atoms with Crippen molar-refractivity contribution in [2.45, 2.75) is 23.8 Å². The van der Waals surface area contributed by atoms with Crippen LogP contribution in [0, 0.1) is 0 Å². The molecule has 2 aromatic carbocycles. The maximum Gasteiger partial charge on any atom is 0.281 e. The Morgan fingerprint density at radius 2 is 1.96 bits per heavy atom. The first-order chi connectivity index (χ1) is 12.6. The first-order valence-corrected chi connectivity index (χ1v) is 9.39. The lowest BCUT2D eigenvalue weighted by atomic mass is 10.0. The zero-order valence-electron chi connectivity index (χ0n) is 13.8. The number of thioether (sulfide) groups is 1.